The Morgan fingerprint density at radius 2 is 1.45 bits per heavy atom. The maximum Gasteiger partial charge on any atom is 0.234 e. The highest BCUT2D eigenvalue weighted by Crippen LogP contribution is 2.30. The number of nitrogens with zero attached hydrogens (tertiary/aromatic N) is 4. The smallest absolute Gasteiger partial charge is 0.234 e. The molecule has 4 aromatic rings. The lowest BCUT2D eigenvalue weighted by atomic mass is 10.1. The van der Waals surface area contributed by atoms with Crippen LogP contribution < -0.4 is 10.6 Å². The molecule has 2 aromatic carbocycles. The van der Waals surface area contributed by atoms with Crippen LogP contribution in [0.1, 0.15) is 15.0 Å². The molecule has 8 nitrogen and oxygen atoms in total. The van der Waals surface area contributed by atoms with Crippen molar-refractivity contribution in [1.82, 2.24) is 20.4 Å². The van der Waals surface area contributed by atoms with Gasteiger partial charge in [0.1, 0.15) is 15.0 Å². The standard InChI is InChI=1S/C20H18N6O2S3/c1-11-23-25-19(30-11)9-17(27)21-15-7-3-6-14-13(15)5-4-8-16(14)22-18(28)10-29-20-26-24-12(2)31-20/h3-8H,9-10H2,1-2H3,(H,21,27)(H,22,28). The molecule has 2 N–H and O–H groups in total. The zero-order chi connectivity index (χ0) is 21.8. The van der Waals surface area contributed by atoms with Crippen LogP contribution in [0.15, 0.2) is 40.7 Å². The van der Waals surface area contributed by atoms with Gasteiger partial charge >= 0.3 is 0 Å². The summed E-state index contributed by atoms with van der Waals surface area (Å²) < 4.78 is 0.765. The number of benzene rings is 2. The van der Waals surface area contributed by atoms with Crippen molar-refractivity contribution in [2.24, 2.45) is 0 Å². The Labute approximate surface area is 190 Å². The Morgan fingerprint density at radius 3 is 2.03 bits per heavy atom. The monoisotopic (exact) mass is 470 g/mol. The minimum Gasteiger partial charge on any atom is -0.325 e. The molecular formula is C20H18N6O2S3. The molecule has 158 valence electrons. The molecule has 0 saturated heterocycles. The summed E-state index contributed by atoms with van der Waals surface area (Å²) in [7, 11) is 0. The Bertz CT molecular complexity index is 1250. The zero-order valence-electron chi connectivity index (χ0n) is 16.7. The first-order valence-corrected chi connectivity index (χ1v) is 11.9. The van der Waals surface area contributed by atoms with Gasteiger partial charge in [-0.1, -0.05) is 47.4 Å². The second-order valence-corrected chi connectivity index (χ2v) is 10.2. The first kappa shape index (κ1) is 21.3. The Kier molecular flexibility index (Phi) is 6.54. The molecule has 11 heteroatoms. The van der Waals surface area contributed by atoms with Gasteiger partial charge < -0.3 is 10.6 Å². The minimum absolute atomic E-state index is 0.133. The van der Waals surface area contributed by atoms with Crippen LogP contribution in [0.25, 0.3) is 10.8 Å². The van der Waals surface area contributed by atoms with E-state index in [-0.39, 0.29) is 24.0 Å². The second kappa shape index (κ2) is 9.50. The van der Waals surface area contributed by atoms with Gasteiger partial charge in [0.2, 0.25) is 11.8 Å². The van der Waals surface area contributed by atoms with Crippen molar-refractivity contribution in [3.8, 4) is 0 Å². The lowest BCUT2D eigenvalue weighted by Crippen LogP contribution is -2.15. The zero-order valence-corrected chi connectivity index (χ0v) is 19.2. The molecule has 4 rings (SSSR count). The number of fused-ring (bicyclic) bond motifs is 1. The van der Waals surface area contributed by atoms with Crippen molar-refractivity contribution >= 4 is 68.4 Å². The highest BCUT2D eigenvalue weighted by Gasteiger charge is 2.13. The Hall–Kier alpha value is -2.89. The van der Waals surface area contributed by atoms with Crippen molar-refractivity contribution < 1.29 is 9.59 Å². The minimum atomic E-state index is -0.165. The topological polar surface area (TPSA) is 110 Å². The number of aromatic nitrogens is 4. The van der Waals surface area contributed by atoms with E-state index in [4.69, 9.17) is 0 Å². The fourth-order valence-corrected chi connectivity index (χ4v) is 5.24. The molecule has 2 heterocycles. The van der Waals surface area contributed by atoms with Gasteiger partial charge in [-0.05, 0) is 26.0 Å². The first-order chi connectivity index (χ1) is 15.0. The fraction of sp³-hybridized carbons (Fsp3) is 0.200. The Balaban J connectivity index is 1.46. The van der Waals surface area contributed by atoms with Crippen molar-refractivity contribution in [1.29, 1.82) is 0 Å². The third kappa shape index (κ3) is 5.43. The summed E-state index contributed by atoms with van der Waals surface area (Å²) >= 11 is 4.22. The molecule has 2 amide bonds. The maximum atomic E-state index is 12.5. The number of carbonyl (C=O) groups is 2. The number of nitrogens with one attached hydrogen (secondary N) is 2. The van der Waals surface area contributed by atoms with Crippen LogP contribution in [0.5, 0.6) is 0 Å². The first-order valence-electron chi connectivity index (χ1n) is 9.31. The Morgan fingerprint density at radius 1 is 0.839 bits per heavy atom. The fourth-order valence-electron chi connectivity index (χ4n) is 2.92. The van der Waals surface area contributed by atoms with Crippen molar-refractivity contribution in [3.05, 3.63) is 51.4 Å². The van der Waals surface area contributed by atoms with Gasteiger partial charge in [0, 0.05) is 22.1 Å². The van der Waals surface area contributed by atoms with Crippen LogP contribution in [-0.2, 0) is 16.0 Å². The van der Waals surface area contributed by atoms with Crippen LogP contribution >= 0.6 is 34.4 Å². The predicted octanol–water partition coefficient (Wildman–Crippen LogP) is 4.07. The predicted molar refractivity (Wildman–Crippen MR) is 125 cm³/mol. The van der Waals surface area contributed by atoms with Crippen LogP contribution in [0.4, 0.5) is 11.4 Å². The second-order valence-electron chi connectivity index (χ2n) is 6.57. The lowest BCUT2D eigenvalue weighted by molar-refractivity contribution is -0.115. The molecule has 2 aromatic heterocycles. The number of aryl methyl sites for hydroxylation is 2. The van der Waals surface area contributed by atoms with E-state index in [1.807, 2.05) is 50.2 Å². The lowest BCUT2D eigenvalue weighted by Gasteiger charge is -2.12. The number of amides is 2. The van der Waals surface area contributed by atoms with E-state index in [0.29, 0.717) is 16.4 Å². The molecule has 0 aliphatic rings. The molecule has 31 heavy (non-hydrogen) atoms. The molecule has 0 saturated carbocycles. The SMILES string of the molecule is Cc1nnc(CC(=O)Nc2cccc3c(NC(=O)CSc4nnc(C)s4)cccc23)s1. The molecule has 0 fully saturated rings. The number of hydrogen-bond donors (Lipinski definition) is 2. The van der Waals surface area contributed by atoms with Crippen molar-refractivity contribution in [2.75, 3.05) is 16.4 Å². The van der Waals surface area contributed by atoms with Gasteiger partial charge in [-0.2, -0.15) is 0 Å². The highest BCUT2D eigenvalue weighted by molar-refractivity contribution is 8.01. The number of carbonyl (C=O) groups excluding carboxylic acids is 2. The molecular weight excluding hydrogens is 452 g/mol. The van der Waals surface area contributed by atoms with E-state index in [1.165, 1.54) is 34.4 Å². The van der Waals surface area contributed by atoms with Gasteiger partial charge in [0.05, 0.1) is 12.2 Å². The van der Waals surface area contributed by atoms with Gasteiger partial charge in [-0.3, -0.25) is 9.59 Å². The summed E-state index contributed by atoms with van der Waals surface area (Å²) in [6, 6.07) is 11.2. The summed E-state index contributed by atoms with van der Waals surface area (Å²) in [5.74, 6) is -0.0591. The summed E-state index contributed by atoms with van der Waals surface area (Å²) in [6.07, 6.45) is 0.167. The molecule has 0 spiro atoms. The quantitative estimate of drug-likeness (QED) is 0.392. The van der Waals surface area contributed by atoms with E-state index in [0.717, 1.165) is 25.1 Å². The van der Waals surface area contributed by atoms with Gasteiger partial charge in [0.25, 0.3) is 0 Å². The van der Waals surface area contributed by atoms with E-state index in [9.17, 15) is 9.59 Å². The number of hydrogen-bond acceptors (Lipinski definition) is 9. The number of thioether (sulfide) groups is 1. The highest BCUT2D eigenvalue weighted by atomic mass is 32.2. The molecule has 0 atom stereocenters. The average molecular weight is 471 g/mol. The van der Waals surface area contributed by atoms with Gasteiger partial charge in [-0.15, -0.1) is 31.7 Å². The summed E-state index contributed by atoms with van der Waals surface area (Å²) in [5, 5.41) is 25.9. The number of rotatable bonds is 7. The van der Waals surface area contributed by atoms with Crippen LogP contribution in [0.2, 0.25) is 0 Å². The van der Waals surface area contributed by atoms with Crippen molar-refractivity contribution in [2.45, 2.75) is 24.6 Å². The number of anilines is 2. The van der Waals surface area contributed by atoms with Crippen LogP contribution in [-0.4, -0.2) is 38.0 Å². The summed E-state index contributed by atoms with van der Waals surface area (Å²) in [6.45, 7) is 3.73. The van der Waals surface area contributed by atoms with Crippen LogP contribution in [0.3, 0.4) is 0 Å². The largest absolute Gasteiger partial charge is 0.325 e. The van der Waals surface area contributed by atoms with Crippen LogP contribution in [0, 0.1) is 13.8 Å². The summed E-state index contributed by atoms with van der Waals surface area (Å²) in [4.78, 5) is 24.9. The average Bonchev–Trinajstić information content (AvgIpc) is 3.34. The molecule has 0 aliphatic carbocycles. The molecule has 0 bridgehead atoms. The summed E-state index contributed by atoms with van der Waals surface area (Å²) in [5.41, 5.74) is 1.37. The molecule has 0 radical (unpaired) electrons. The van der Waals surface area contributed by atoms with E-state index in [1.54, 1.807) is 0 Å². The van der Waals surface area contributed by atoms with Gasteiger partial charge in [-0.25, -0.2) is 0 Å². The van der Waals surface area contributed by atoms with E-state index >= 15 is 0 Å². The van der Waals surface area contributed by atoms with Crippen molar-refractivity contribution in [3.63, 3.8) is 0 Å². The van der Waals surface area contributed by atoms with E-state index < -0.39 is 0 Å². The third-order valence-corrected chi connectivity index (χ3v) is 6.99. The normalized spacial score (nSPS) is 10.9. The maximum absolute atomic E-state index is 12.5. The molecule has 0 aliphatic heterocycles. The molecule has 0 unspecified atom stereocenters. The van der Waals surface area contributed by atoms with Gasteiger partial charge in [0.15, 0.2) is 4.34 Å². The van der Waals surface area contributed by atoms with E-state index in [2.05, 4.69) is 31.0 Å². The third-order valence-electron chi connectivity index (χ3n) is 4.18.